The van der Waals surface area contributed by atoms with Crippen LogP contribution in [0, 0.1) is 0 Å². The van der Waals surface area contributed by atoms with E-state index in [2.05, 4.69) is 15.0 Å². The third kappa shape index (κ3) is 6.50. The van der Waals surface area contributed by atoms with Crippen molar-refractivity contribution in [3.63, 3.8) is 0 Å². The number of carbonyl (C=O) groups excluding carboxylic acids is 1. The summed E-state index contributed by atoms with van der Waals surface area (Å²) < 4.78 is 9.94. The van der Waals surface area contributed by atoms with E-state index in [1.54, 1.807) is 6.92 Å². The number of methoxy groups -OCH3 is 2. The van der Waals surface area contributed by atoms with E-state index >= 15 is 0 Å². The number of benzene rings is 1. The summed E-state index contributed by atoms with van der Waals surface area (Å²) in [5, 5.41) is 8.53. The highest BCUT2D eigenvalue weighted by Crippen LogP contribution is 2.21. The Morgan fingerprint density at radius 1 is 1.16 bits per heavy atom. The molecule has 0 aliphatic carbocycles. The van der Waals surface area contributed by atoms with Crippen LogP contribution in [0.2, 0.25) is 0 Å². The number of thioether (sulfide) groups is 1. The van der Waals surface area contributed by atoms with Gasteiger partial charge in [-0.25, -0.2) is 4.79 Å². The summed E-state index contributed by atoms with van der Waals surface area (Å²) in [6.07, 6.45) is 3.15. The smallest absolute Gasteiger partial charge is 0.334 e. The molecule has 136 valence electrons. The van der Waals surface area contributed by atoms with Crippen LogP contribution < -0.4 is 0 Å². The molecule has 25 heavy (non-hydrogen) atoms. The first-order valence-electron chi connectivity index (χ1n) is 7.31. The lowest BCUT2D eigenvalue weighted by atomic mass is 10.1. The van der Waals surface area contributed by atoms with Gasteiger partial charge in [0.25, 0.3) is 0 Å². The predicted octanol–water partition coefficient (Wildman–Crippen LogP) is 3.06. The minimum atomic E-state index is -0.498. The second-order valence-corrected chi connectivity index (χ2v) is 5.42. The van der Waals surface area contributed by atoms with Crippen molar-refractivity contribution in [2.45, 2.75) is 13.5 Å². The summed E-state index contributed by atoms with van der Waals surface area (Å²) in [4.78, 5) is 21.7. The first-order chi connectivity index (χ1) is 12.1. The lowest BCUT2D eigenvalue weighted by Gasteiger charge is -2.11. The molecule has 0 aromatic heterocycles. The van der Waals surface area contributed by atoms with Crippen LogP contribution in [0.5, 0.6) is 0 Å². The van der Waals surface area contributed by atoms with Crippen molar-refractivity contribution in [2.75, 3.05) is 27.6 Å². The zero-order valence-corrected chi connectivity index (χ0v) is 15.8. The van der Waals surface area contributed by atoms with E-state index in [4.69, 9.17) is 14.4 Å². The van der Waals surface area contributed by atoms with Gasteiger partial charge in [0.05, 0.1) is 20.3 Å². The molecular weight excluding hydrogens is 344 g/mol. The van der Waals surface area contributed by atoms with Gasteiger partial charge < -0.3 is 19.1 Å². The predicted molar refractivity (Wildman–Crippen MR) is 99.3 cm³/mol. The van der Waals surface area contributed by atoms with Crippen molar-refractivity contribution in [3.8, 4) is 0 Å². The second-order valence-electron chi connectivity index (χ2n) is 4.63. The van der Waals surface area contributed by atoms with Crippen LogP contribution in [-0.4, -0.2) is 44.3 Å². The molecule has 0 unspecified atom stereocenters. The molecule has 0 aliphatic rings. The molecule has 8 heteroatoms. The molecule has 0 amide bonds. The highest BCUT2D eigenvalue weighted by Gasteiger charge is 2.11. The first kappa shape index (κ1) is 20.6. The van der Waals surface area contributed by atoms with Crippen LogP contribution in [0.15, 0.2) is 40.7 Å². The van der Waals surface area contributed by atoms with Crippen molar-refractivity contribution < 1.29 is 23.9 Å². The third-order valence-electron chi connectivity index (χ3n) is 3.05. The average molecular weight is 366 g/mol. The van der Waals surface area contributed by atoms with Crippen molar-refractivity contribution >= 4 is 34.2 Å². The van der Waals surface area contributed by atoms with E-state index in [9.17, 15) is 4.79 Å². The van der Waals surface area contributed by atoms with Gasteiger partial charge in [-0.05, 0) is 13.2 Å². The Kier molecular flexibility index (Phi) is 9.16. The van der Waals surface area contributed by atoms with Gasteiger partial charge in [-0.15, -0.1) is 11.8 Å². The molecule has 0 saturated carbocycles. The minimum Gasteiger partial charge on any atom is -0.496 e. The third-order valence-corrected chi connectivity index (χ3v) is 3.81. The van der Waals surface area contributed by atoms with Gasteiger partial charge in [-0.3, -0.25) is 0 Å². The van der Waals surface area contributed by atoms with Crippen molar-refractivity contribution in [1.29, 1.82) is 0 Å². The van der Waals surface area contributed by atoms with Gasteiger partial charge in [0, 0.05) is 11.1 Å². The normalized spacial score (nSPS) is 12.6. The number of hydrogen-bond acceptors (Lipinski definition) is 8. The summed E-state index contributed by atoms with van der Waals surface area (Å²) in [6.45, 7) is 1.97. The Hall–Kier alpha value is -2.48. The van der Waals surface area contributed by atoms with E-state index < -0.39 is 5.97 Å². The highest BCUT2D eigenvalue weighted by molar-refractivity contribution is 8.15. The highest BCUT2D eigenvalue weighted by atomic mass is 32.2. The molecule has 1 aromatic rings. The van der Waals surface area contributed by atoms with Crippen LogP contribution in [0.25, 0.3) is 5.76 Å². The van der Waals surface area contributed by atoms with Crippen LogP contribution >= 0.6 is 11.8 Å². The maximum absolute atomic E-state index is 11.5. The number of esters is 1. The Labute approximate surface area is 151 Å². The quantitative estimate of drug-likeness (QED) is 0.176. The van der Waals surface area contributed by atoms with Crippen molar-refractivity contribution in [2.24, 2.45) is 10.3 Å². The van der Waals surface area contributed by atoms with E-state index in [-0.39, 0.29) is 6.61 Å². The summed E-state index contributed by atoms with van der Waals surface area (Å²) in [5.74, 6) is -0.112. The van der Waals surface area contributed by atoms with Gasteiger partial charge in [-0.1, -0.05) is 34.6 Å². The Bertz CT molecular complexity index is 671. The molecule has 7 nitrogen and oxygen atoms in total. The van der Waals surface area contributed by atoms with Crippen molar-refractivity contribution in [1.82, 2.24) is 0 Å². The molecule has 1 aromatic carbocycles. The Balaban J connectivity index is 2.96. The fourth-order valence-electron chi connectivity index (χ4n) is 1.87. The number of oxime groups is 2. The lowest BCUT2D eigenvalue weighted by molar-refractivity contribution is -0.134. The van der Waals surface area contributed by atoms with Crippen LogP contribution in [0.1, 0.15) is 18.1 Å². The van der Waals surface area contributed by atoms with Crippen LogP contribution in [0.3, 0.4) is 0 Å². The average Bonchev–Trinajstić information content (AvgIpc) is 2.64. The zero-order chi connectivity index (χ0) is 18.7. The largest absolute Gasteiger partial charge is 0.496 e. The number of rotatable bonds is 8. The molecule has 0 atom stereocenters. The van der Waals surface area contributed by atoms with Gasteiger partial charge in [0.1, 0.15) is 25.2 Å². The lowest BCUT2D eigenvalue weighted by Crippen LogP contribution is -2.07. The van der Waals surface area contributed by atoms with E-state index in [1.165, 1.54) is 39.2 Å². The number of hydrogen-bond donors (Lipinski definition) is 0. The topological polar surface area (TPSA) is 78.7 Å². The fraction of sp³-hybridized carbons (Fsp3) is 0.353. The maximum Gasteiger partial charge on any atom is 0.334 e. The second kappa shape index (κ2) is 11.1. The fourth-order valence-corrected chi connectivity index (χ4v) is 2.35. The van der Waals surface area contributed by atoms with E-state index in [0.717, 1.165) is 11.1 Å². The summed E-state index contributed by atoms with van der Waals surface area (Å²) >= 11 is 1.40. The van der Waals surface area contributed by atoms with Gasteiger partial charge >= 0.3 is 5.97 Å². The molecule has 0 fully saturated rings. The molecule has 0 bridgehead atoms. The number of carbonyl (C=O) groups is 1. The Morgan fingerprint density at radius 2 is 1.88 bits per heavy atom. The van der Waals surface area contributed by atoms with E-state index in [1.807, 2.05) is 30.5 Å². The Morgan fingerprint density at radius 3 is 2.48 bits per heavy atom. The molecule has 0 N–H and O–H groups in total. The molecule has 1 rings (SSSR count). The van der Waals surface area contributed by atoms with Crippen LogP contribution in [0.4, 0.5) is 0 Å². The molecule has 0 saturated heterocycles. The molecular formula is C17H22N2O5S. The minimum absolute atomic E-state index is 0.198. The van der Waals surface area contributed by atoms with E-state index in [0.29, 0.717) is 16.5 Å². The van der Waals surface area contributed by atoms with Crippen molar-refractivity contribution in [3.05, 3.63) is 41.5 Å². The number of ether oxygens (including phenoxy) is 2. The molecule has 0 spiro atoms. The summed E-state index contributed by atoms with van der Waals surface area (Å²) in [6, 6.07) is 7.40. The molecule has 0 radical (unpaired) electrons. The van der Waals surface area contributed by atoms with Gasteiger partial charge in [0.15, 0.2) is 5.04 Å². The number of nitrogens with zero attached hydrogens (tertiary/aromatic N) is 2. The molecule has 0 aliphatic heterocycles. The van der Waals surface area contributed by atoms with Gasteiger partial charge in [0.2, 0.25) is 0 Å². The van der Waals surface area contributed by atoms with Gasteiger partial charge in [-0.2, -0.15) is 0 Å². The SMILES string of the molecule is CO/N=C(SC)/C(C)=N/OCc1ccccc1/C(=C\C(=O)OC)OC. The zero-order valence-electron chi connectivity index (χ0n) is 14.9. The summed E-state index contributed by atoms with van der Waals surface area (Å²) in [5.41, 5.74) is 2.13. The monoisotopic (exact) mass is 366 g/mol. The first-order valence-corrected chi connectivity index (χ1v) is 8.53. The summed E-state index contributed by atoms with van der Waals surface area (Å²) in [7, 11) is 4.27. The maximum atomic E-state index is 11.5. The molecule has 0 heterocycles. The van der Waals surface area contributed by atoms with Crippen LogP contribution in [-0.2, 0) is 30.6 Å². The standard InChI is InChI=1S/C17H22N2O5S/c1-12(17(25-5)19-23-4)18-24-11-13-8-6-7-9-14(13)15(21-2)10-16(20)22-3/h6-10H,11H2,1-5H3/b15-10+,18-12+,19-17-.